The number of carboxylic acid groups (broad SMARTS) is 1. The third-order valence-corrected chi connectivity index (χ3v) is 2.54. The Kier molecular flexibility index (Phi) is 2.18. The molecule has 0 atom stereocenters. The Hall–Kier alpha value is -3.03. The van der Waals surface area contributed by atoms with Gasteiger partial charge in [0, 0.05) is 6.20 Å². The summed E-state index contributed by atoms with van der Waals surface area (Å²) in [5.41, 5.74) is -2.07. The maximum absolute atomic E-state index is 11.2. The average molecular weight is 262 g/mol. The molecule has 0 radical (unpaired) electrons. The molecular formula is C11H6N2O6. The van der Waals surface area contributed by atoms with Crippen molar-refractivity contribution < 1.29 is 18.7 Å². The fourth-order valence-electron chi connectivity index (χ4n) is 1.84. The summed E-state index contributed by atoms with van der Waals surface area (Å²) >= 11 is 0. The van der Waals surface area contributed by atoms with E-state index in [-0.39, 0.29) is 17.0 Å². The maximum Gasteiger partial charge on any atom is 0.424 e. The van der Waals surface area contributed by atoms with Gasteiger partial charge in [-0.25, -0.2) is 14.4 Å². The normalized spacial score (nSPS) is 10.9. The third kappa shape index (κ3) is 1.58. The summed E-state index contributed by atoms with van der Waals surface area (Å²) in [6.45, 7) is 0. The van der Waals surface area contributed by atoms with Gasteiger partial charge in [0.1, 0.15) is 5.69 Å². The summed E-state index contributed by atoms with van der Waals surface area (Å²) in [6.07, 6.45) is 0.222. The molecule has 0 fully saturated rings. The van der Waals surface area contributed by atoms with Crippen molar-refractivity contribution in [3.63, 3.8) is 0 Å². The number of hydrogen-bond donors (Lipinski definition) is 2. The highest BCUT2D eigenvalue weighted by atomic mass is 16.5. The second-order valence-corrected chi connectivity index (χ2v) is 3.67. The van der Waals surface area contributed by atoms with Crippen LogP contribution < -0.4 is 16.6 Å². The van der Waals surface area contributed by atoms with E-state index in [4.69, 9.17) is 13.9 Å². The van der Waals surface area contributed by atoms with E-state index in [0.29, 0.717) is 5.52 Å². The molecule has 0 aliphatic heterocycles. The standard InChI is InChI=1S/C11H6N2O6/c14-9-10(15)19-8-7(18-9)6(12-11(16)17)5-3-1-2-4-13(5)8/h1-4,12H,(H,16,17). The minimum Gasteiger partial charge on any atom is -0.465 e. The molecule has 3 aromatic heterocycles. The van der Waals surface area contributed by atoms with Gasteiger partial charge in [-0.3, -0.25) is 9.72 Å². The van der Waals surface area contributed by atoms with Crippen molar-refractivity contribution >= 4 is 28.6 Å². The molecule has 0 spiro atoms. The van der Waals surface area contributed by atoms with Crippen LogP contribution in [0.25, 0.3) is 16.8 Å². The molecule has 0 aliphatic carbocycles. The maximum atomic E-state index is 11.2. The van der Waals surface area contributed by atoms with Crippen molar-refractivity contribution in [3.8, 4) is 0 Å². The molecule has 0 unspecified atom stereocenters. The topological polar surface area (TPSA) is 114 Å². The van der Waals surface area contributed by atoms with E-state index in [9.17, 15) is 14.4 Å². The van der Waals surface area contributed by atoms with E-state index in [0.717, 1.165) is 0 Å². The zero-order valence-corrected chi connectivity index (χ0v) is 9.25. The second kappa shape index (κ2) is 3.73. The molecule has 3 heterocycles. The molecule has 2 N–H and O–H groups in total. The lowest BCUT2D eigenvalue weighted by atomic mass is 10.3. The molecule has 8 nitrogen and oxygen atoms in total. The monoisotopic (exact) mass is 262 g/mol. The molecule has 3 aromatic rings. The number of rotatable bonds is 1. The minimum absolute atomic E-state index is 0.0380. The number of carbonyl (C=O) groups is 1. The van der Waals surface area contributed by atoms with Gasteiger partial charge in [-0.05, 0) is 12.1 Å². The van der Waals surface area contributed by atoms with Crippen LogP contribution in [0.2, 0.25) is 0 Å². The number of aromatic nitrogens is 1. The van der Waals surface area contributed by atoms with Gasteiger partial charge in [-0.2, -0.15) is 0 Å². The Bertz CT molecular complexity index is 916. The van der Waals surface area contributed by atoms with Crippen molar-refractivity contribution in [1.29, 1.82) is 0 Å². The van der Waals surface area contributed by atoms with Crippen LogP contribution in [0, 0.1) is 0 Å². The fraction of sp³-hybridized carbons (Fsp3) is 0. The van der Waals surface area contributed by atoms with Crippen LogP contribution in [0.5, 0.6) is 0 Å². The first-order valence-electron chi connectivity index (χ1n) is 5.15. The average Bonchev–Trinajstić information content (AvgIpc) is 2.65. The highest BCUT2D eigenvalue weighted by molar-refractivity contribution is 6.03. The quantitative estimate of drug-likeness (QED) is 0.634. The van der Waals surface area contributed by atoms with Gasteiger partial charge in [0.15, 0.2) is 0 Å². The fourth-order valence-corrected chi connectivity index (χ4v) is 1.84. The van der Waals surface area contributed by atoms with Crippen molar-refractivity contribution in [2.24, 2.45) is 0 Å². The second-order valence-electron chi connectivity index (χ2n) is 3.67. The van der Waals surface area contributed by atoms with Gasteiger partial charge in [0.25, 0.3) is 5.71 Å². The van der Waals surface area contributed by atoms with E-state index in [1.165, 1.54) is 4.40 Å². The first-order chi connectivity index (χ1) is 9.08. The lowest BCUT2D eigenvalue weighted by Crippen LogP contribution is -2.21. The van der Waals surface area contributed by atoms with Crippen LogP contribution in [0.1, 0.15) is 0 Å². The summed E-state index contributed by atoms with van der Waals surface area (Å²) in [7, 11) is 0. The molecule has 19 heavy (non-hydrogen) atoms. The van der Waals surface area contributed by atoms with Crippen molar-refractivity contribution in [1.82, 2.24) is 4.40 Å². The number of anilines is 1. The molecule has 0 aromatic carbocycles. The van der Waals surface area contributed by atoms with Crippen LogP contribution in [0.3, 0.4) is 0 Å². The Morgan fingerprint density at radius 2 is 1.95 bits per heavy atom. The number of amides is 1. The zero-order valence-electron chi connectivity index (χ0n) is 9.25. The van der Waals surface area contributed by atoms with Crippen molar-refractivity contribution in [3.05, 3.63) is 45.2 Å². The SMILES string of the molecule is O=C(O)Nc1c2oc(=O)c(=O)oc2n2ccccc12. The Morgan fingerprint density at radius 3 is 2.68 bits per heavy atom. The predicted molar refractivity (Wildman–Crippen MR) is 63.6 cm³/mol. The largest absolute Gasteiger partial charge is 0.465 e. The van der Waals surface area contributed by atoms with Crippen LogP contribution >= 0.6 is 0 Å². The molecule has 8 heteroatoms. The highest BCUT2D eigenvalue weighted by Crippen LogP contribution is 2.29. The van der Waals surface area contributed by atoms with Gasteiger partial charge in [-0.1, -0.05) is 6.07 Å². The van der Waals surface area contributed by atoms with E-state index < -0.39 is 17.3 Å². The lowest BCUT2D eigenvalue weighted by Gasteiger charge is -1.97. The van der Waals surface area contributed by atoms with Gasteiger partial charge < -0.3 is 13.9 Å². The molecule has 0 aliphatic rings. The summed E-state index contributed by atoms with van der Waals surface area (Å²) in [6, 6.07) is 4.91. The van der Waals surface area contributed by atoms with Gasteiger partial charge >= 0.3 is 17.3 Å². The number of fused-ring (bicyclic) bond motifs is 3. The summed E-state index contributed by atoms with van der Waals surface area (Å²) in [4.78, 5) is 33.1. The number of hydrogen-bond acceptors (Lipinski definition) is 5. The van der Waals surface area contributed by atoms with E-state index in [2.05, 4.69) is 5.32 Å². The van der Waals surface area contributed by atoms with Crippen LogP contribution in [0.4, 0.5) is 10.5 Å². The molecule has 96 valence electrons. The molecule has 0 bridgehead atoms. The molecule has 1 amide bonds. The van der Waals surface area contributed by atoms with E-state index in [1.54, 1.807) is 24.4 Å². The Morgan fingerprint density at radius 1 is 1.21 bits per heavy atom. The van der Waals surface area contributed by atoms with Crippen LogP contribution in [-0.2, 0) is 0 Å². The van der Waals surface area contributed by atoms with Crippen LogP contribution in [-0.4, -0.2) is 15.6 Å². The Labute approximate surface area is 103 Å². The highest BCUT2D eigenvalue weighted by Gasteiger charge is 2.19. The van der Waals surface area contributed by atoms with E-state index >= 15 is 0 Å². The van der Waals surface area contributed by atoms with E-state index in [1.807, 2.05) is 0 Å². The van der Waals surface area contributed by atoms with Crippen molar-refractivity contribution in [2.45, 2.75) is 0 Å². The molecule has 0 saturated carbocycles. The first-order valence-corrected chi connectivity index (χ1v) is 5.15. The lowest BCUT2D eigenvalue weighted by molar-refractivity contribution is 0.210. The zero-order chi connectivity index (χ0) is 13.6. The molecule has 0 saturated heterocycles. The van der Waals surface area contributed by atoms with Gasteiger partial charge in [0.05, 0.1) is 5.52 Å². The number of pyridine rings is 1. The number of nitrogens with one attached hydrogen (secondary N) is 1. The summed E-state index contributed by atoms with van der Waals surface area (Å²) in [5, 5.41) is 10.9. The predicted octanol–water partition coefficient (Wildman–Crippen LogP) is 1.09. The van der Waals surface area contributed by atoms with Gasteiger partial charge in [0.2, 0.25) is 5.58 Å². The van der Waals surface area contributed by atoms with Gasteiger partial charge in [-0.15, -0.1) is 0 Å². The first kappa shape index (κ1) is 11.1. The smallest absolute Gasteiger partial charge is 0.424 e. The third-order valence-electron chi connectivity index (χ3n) is 2.54. The van der Waals surface area contributed by atoms with Crippen LogP contribution in [0.15, 0.2) is 42.8 Å². The summed E-state index contributed by atoms with van der Waals surface area (Å²) in [5.74, 6) is 0. The summed E-state index contributed by atoms with van der Waals surface area (Å²) < 4.78 is 11.0. The van der Waals surface area contributed by atoms with Crippen molar-refractivity contribution in [2.75, 3.05) is 5.32 Å². The molecular weight excluding hydrogens is 256 g/mol. The minimum atomic E-state index is -1.33. The Balaban J connectivity index is 2.55. The number of nitrogens with zero attached hydrogens (tertiary/aromatic N) is 1. The molecule has 3 rings (SSSR count).